The Kier molecular flexibility index (Phi) is 8.51. The number of hydrogen-bond acceptors (Lipinski definition) is 4. The number of aliphatic carboxylic acids is 1. The van der Waals surface area contributed by atoms with Crippen LogP contribution < -0.4 is 4.72 Å². The van der Waals surface area contributed by atoms with Crippen LogP contribution in [0.25, 0.3) is 0 Å². The van der Waals surface area contributed by atoms with Crippen molar-refractivity contribution in [3.8, 4) is 0 Å². The number of hydrogen-bond donors (Lipinski definition) is 2. The van der Waals surface area contributed by atoms with Gasteiger partial charge < -0.3 is 5.11 Å². The number of halogens is 3. The van der Waals surface area contributed by atoms with Gasteiger partial charge in [-0.2, -0.15) is 13.2 Å². The highest BCUT2D eigenvalue weighted by molar-refractivity contribution is 7.89. The van der Waals surface area contributed by atoms with Crippen LogP contribution in [0.1, 0.15) is 36.8 Å². The average Bonchev–Trinajstić information content (AvgIpc) is 3.13. The Bertz CT molecular complexity index is 1090. The highest BCUT2D eigenvalue weighted by Crippen LogP contribution is 2.30. The summed E-state index contributed by atoms with van der Waals surface area (Å²) in [5.41, 5.74) is 0.160. The Balaban J connectivity index is 1.69. The number of likely N-dealkylation sites (tertiary alicyclic amines) is 1. The van der Waals surface area contributed by atoms with Gasteiger partial charge in [0.05, 0.1) is 10.5 Å². The smallest absolute Gasteiger partial charge is 0.416 e. The zero-order chi connectivity index (χ0) is 24.8. The van der Waals surface area contributed by atoms with Crippen molar-refractivity contribution < 1.29 is 31.5 Å². The molecule has 0 spiro atoms. The number of unbranched alkanes of at least 4 members (excludes halogenated alkanes) is 1. The van der Waals surface area contributed by atoms with Crippen LogP contribution in [-0.2, 0) is 27.5 Å². The standard InChI is InChI=1S/C24H27F3N2O4S/c25-24(26,27)19-11-13-22(14-12-19)34(32,33)28-20-15-21(9-5-2-6-10-23(30)31)29(17-20)16-18-7-3-1-4-8-18/h1,3-5,7-9,11-14,20-21,28H,2,6,10,15-17H2,(H,30,31)/b9-5-/t20-,21-/m1/s1. The van der Waals surface area contributed by atoms with Crippen molar-refractivity contribution in [1.29, 1.82) is 0 Å². The molecule has 34 heavy (non-hydrogen) atoms. The second kappa shape index (κ2) is 11.2. The first-order valence-corrected chi connectivity index (χ1v) is 12.4. The van der Waals surface area contributed by atoms with Gasteiger partial charge in [-0.05, 0) is 49.1 Å². The van der Waals surface area contributed by atoms with Crippen LogP contribution in [0.3, 0.4) is 0 Å². The molecule has 2 aromatic rings. The van der Waals surface area contributed by atoms with Crippen molar-refractivity contribution >= 4 is 16.0 Å². The monoisotopic (exact) mass is 496 g/mol. The summed E-state index contributed by atoms with van der Waals surface area (Å²) in [6.45, 7) is 1.03. The lowest BCUT2D eigenvalue weighted by Gasteiger charge is -2.22. The lowest BCUT2D eigenvalue weighted by molar-refractivity contribution is -0.138. The lowest BCUT2D eigenvalue weighted by atomic mass is 10.1. The van der Waals surface area contributed by atoms with Gasteiger partial charge in [-0.15, -0.1) is 0 Å². The number of allylic oxidation sites excluding steroid dienone is 1. The molecule has 2 N–H and O–H groups in total. The highest BCUT2D eigenvalue weighted by Gasteiger charge is 2.34. The molecule has 0 saturated carbocycles. The molecular weight excluding hydrogens is 469 g/mol. The van der Waals surface area contributed by atoms with Crippen molar-refractivity contribution in [2.75, 3.05) is 6.54 Å². The summed E-state index contributed by atoms with van der Waals surface area (Å²) in [6, 6.07) is 12.7. The van der Waals surface area contributed by atoms with Gasteiger partial charge in [0.15, 0.2) is 0 Å². The SMILES string of the molecule is O=C(O)CCC/C=C\[C@@H]1C[C@@H](NS(=O)(=O)c2ccc(C(F)(F)F)cc2)CN1Cc1ccccc1. The van der Waals surface area contributed by atoms with Gasteiger partial charge in [0.25, 0.3) is 0 Å². The van der Waals surface area contributed by atoms with E-state index in [1.54, 1.807) is 0 Å². The fourth-order valence-electron chi connectivity index (χ4n) is 3.95. The number of sulfonamides is 1. The molecule has 2 atom stereocenters. The van der Waals surface area contributed by atoms with E-state index >= 15 is 0 Å². The molecule has 3 rings (SSSR count). The number of carbonyl (C=O) groups is 1. The average molecular weight is 497 g/mol. The number of rotatable bonds is 10. The van der Waals surface area contributed by atoms with Crippen LogP contribution in [0.4, 0.5) is 13.2 Å². The number of benzene rings is 2. The van der Waals surface area contributed by atoms with E-state index < -0.39 is 33.8 Å². The van der Waals surface area contributed by atoms with E-state index in [0.29, 0.717) is 32.4 Å². The first-order valence-electron chi connectivity index (χ1n) is 10.9. The Hall–Kier alpha value is -2.69. The highest BCUT2D eigenvalue weighted by atomic mass is 32.2. The molecule has 0 aliphatic carbocycles. The summed E-state index contributed by atoms with van der Waals surface area (Å²) < 4.78 is 66.6. The molecule has 1 fully saturated rings. The normalized spacial score (nSPS) is 19.6. The number of carboxylic acids is 1. The third-order valence-corrected chi connectivity index (χ3v) is 7.15. The van der Waals surface area contributed by atoms with E-state index in [4.69, 9.17) is 5.11 Å². The second-order valence-electron chi connectivity index (χ2n) is 8.27. The predicted molar refractivity (Wildman–Crippen MR) is 121 cm³/mol. The van der Waals surface area contributed by atoms with Crippen molar-refractivity contribution in [3.05, 3.63) is 77.9 Å². The summed E-state index contributed by atoms with van der Waals surface area (Å²) in [7, 11) is -4.00. The van der Waals surface area contributed by atoms with E-state index in [1.165, 1.54) is 0 Å². The molecule has 10 heteroatoms. The largest absolute Gasteiger partial charge is 0.481 e. The van der Waals surface area contributed by atoms with E-state index in [2.05, 4.69) is 9.62 Å². The van der Waals surface area contributed by atoms with Gasteiger partial charge in [-0.1, -0.05) is 42.5 Å². The van der Waals surface area contributed by atoms with Crippen molar-refractivity contribution in [2.24, 2.45) is 0 Å². The maximum atomic E-state index is 12.8. The first-order chi connectivity index (χ1) is 16.0. The van der Waals surface area contributed by atoms with Gasteiger partial charge in [0, 0.05) is 31.6 Å². The molecular formula is C24H27F3N2O4S. The minimum atomic E-state index is -4.54. The van der Waals surface area contributed by atoms with Gasteiger partial charge in [-0.3, -0.25) is 9.69 Å². The number of alkyl halides is 3. The van der Waals surface area contributed by atoms with Gasteiger partial charge in [0.2, 0.25) is 10.0 Å². The van der Waals surface area contributed by atoms with E-state index in [9.17, 15) is 26.4 Å². The molecule has 0 aromatic heterocycles. The summed E-state index contributed by atoms with van der Waals surface area (Å²) in [5, 5.41) is 8.77. The molecule has 184 valence electrons. The number of nitrogens with zero attached hydrogens (tertiary/aromatic N) is 1. The van der Waals surface area contributed by atoms with Crippen LogP contribution in [-0.4, -0.2) is 43.0 Å². The maximum absolute atomic E-state index is 12.8. The molecule has 1 heterocycles. The maximum Gasteiger partial charge on any atom is 0.416 e. The molecule has 6 nitrogen and oxygen atoms in total. The third kappa shape index (κ3) is 7.41. The Morgan fingerprint density at radius 3 is 2.41 bits per heavy atom. The first kappa shape index (κ1) is 25.9. The summed E-state index contributed by atoms with van der Waals surface area (Å²) >= 11 is 0. The van der Waals surface area contributed by atoms with Crippen LogP contribution in [0.15, 0.2) is 71.6 Å². The Labute approximate surface area is 197 Å². The predicted octanol–water partition coefficient (Wildman–Crippen LogP) is 4.44. The summed E-state index contributed by atoms with van der Waals surface area (Å²) in [4.78, 5) is 12.6. The molecule has 0 bridgehead atoms. The van der Waals surface area contributed by atoms with Crippen LogP contribution in [0, 0.1) is 0 Å². The fraction of sp³-hybridized carbons (Fsp3) is 0.375. The zero-order valence-electron chi connectivity index (χ0n) is 18.4. The minimum absolute atomic E-state index is 0.0645. The summed E-state index contributed by atoms with van der Waals surface area (Å²) in [6.07, 6.45) is 1.03. The summed E-state index contributed by atoms with van der Waals surface area (Å²) in [5.74, 6) is -0.849. The molecule has 0 radical (unpaired) electrons. The zero-order valence-corrected chi connectivity index (χ0v) is 19.2. The Morgan fingerprint density at radius 2 is 1.79 bits per heavy atom. The quantitative estimate of drug-likeness (QED) is 0.375. The molecule has 1 aliphatic rings. The molecule has 1 aliphatic heterocycles. The van der Waals surface area contributed by atoms with Crippen LogP contribution in [0.5, 0.6) is 0 Å². The Morgan fingerprint density at radius 1 is 1.12 bits per heavy atom. The van der Waals surface area contributed by atoms with Crippen LogP contribution >= 0.6 is 0 Å². The minimum Gasteiger partial charge on any atom is -0.481 e. The van der Waals surface area contributed by atoms with Gasteiger partial charge in [-0.25, -0.2) is 13.1 Å². The van der Waals surface area contributed by atoms with Crippen molar-refractivity contribution in [2.45, 2.75) is 55.4 Å². The third-order valence-electron chi connectivity index (χ3n) is 5.61. The topological polar surface area (TPSA) is 86.7 Å². The molecule has 0 unspecified atom stereocenters. The van der Waals surface area contributed by atoms with Gasteiger partial charge >= 0.3 is 12.1 Å². The van der Waals surface area contributed by atoms with E-state index in [-0.39, 0.29) is 17.4 Å². The van der Waals surface area contributed by atoms with Crippen molar-refractivity contribution in [3.63, 3.8) is 0 Å². The lowest BCUT2D eigenvalue weighted by Crippen LogP contribution is -2.37. The second-order valence-corrected chi connectivity index (χ2v) is 9.99. The van der Waals surface area contributed by atoms with Crippen molar-refractivity contribution in [1.82, 2.24) is 9.62 Å². The van der Waals surface area contributed by atoms with Crippen LogP contribution in [0.2, 0.25) is 0 Å². The van der Waals surface area contributed by atoms with Gasteiger partial charge in [0.1, 0.15) is 0 Å². The number of nitrogens with one attached hydrogen (secondary N) is 1. The number of carboxylic acid groups (broad SMARTS) is 1. The molecule has 1 saturated heterocycles. The molecule has 2 aromatic carbocycles. The van der Waals surface area contributed by atoms with E-state index in [1.807, 2.05) is 42.5 Å². The fourth-order valence-corrected chi connectivity index (χ4v) is 5.19. The van der Waals surface area contributed by atoms with E-state index in [0.717, 1.165) is 29.8 Å². The molecule has 0 amide bonds.